The number of rotatable bonds is 4. The van der Waals surface area contributed by atoms with Crippen molar-refractivity contribution in [3.63, 3.8) is 0 Å². The Morgan fingerprint density at radius 2 is 2.20 bits per heavy atom. The van der Waals surface area contributed by atoms with Crippen molar-refractivity contribution >= 4 is 17.5 Å². The maximum atomic E-state index is 12.3. The highest BCUT2D eigenvalue weighted by molar-refractivity contribution is 6.39. The SMILES string of the molecule is CCN(Cc1cccc(C)n1)C(=O)C1=NNC(=O)CC1. The second-order valence-electron chi connectivity index (χ2n) is 4.68. The Kier molecular flexibility index (Phi) is 4.45. The van der Waals surface area contributed by atoms with Gasteiger partial charge in [-0.2, -0.15) is 5.10 Å². The molecule has 0 unspecified atom stereocenters. The molecule has 6 nitrogen and oxygen atoms in total. The number of amides is 2. The zero-order valence-electron chi connectivity index (χ0n) is 11.7. The lowest BCUT2D eigenvalue weighted by molar-refractivity contribution is -0.125. The van der Waals surface area contributed by atoms with Gasteiger partial charge < -0.3 is 4.90 Å². The summed E-state index contributed by atoms with van der Waals surface area (Å²) in [5.74, 6) is -0.291. The molecule has 1 aliphatic heterocycles. The van der Waals surface area contributed by atoms with Crippen LogP contribution in [0, 0.1) is 6.92 Å². The molecule has 0 aliphatic carbocycles. The van der Waals surface area contributed by atoms with Crippen LogP contribution in [-0.4, -0.2) is 34.0 Å². The lowest BCUT2D eigenvalue weighted by Crippen LogP contribution is -2.39. The van der Waals surface area contributed by atoms with Gasteiger partial charge in [-0.3, -0.25) is 14.6 Å². The highest BCUT2D eigenvalue weighted by Gasteiger charge is 2.23. The van der Waals surface area contributed by atoms with E-state index in [1.807, 2.05) is 32.0 Å². The van der Waals surface area contributed by atoms with Crippen LogP contribution in [0.15, 0.2) is 23.3 Å². The number of pyridine rings is 1. The molecule has 1 aromatic rings. The molecular formula is C14H18N4O2. The predicted octanol–water partition coefficient (Wildman–Crippen LogP) is 1.00. The number of hydrogen-bond acceptors (Lipinski definition) is 4. The van der Waals surface area contributed by atoms with Crippen molar-refractivity contribution in [2.24, 2.45) is 5.10 Å². The number of hydrazone groups is 1. The summed E-state index contributed by atoms with van der Waals surface area (Å²) in [6, 6.07) is 5.74. The van der Waals surface area contributed by atoms with Crippen LogP contribution in [0.1, 0.15) is 31.2 Å². The minimum atomic E-state index is -0.148. The molecule has 0 bridgehead atoms. The van der Waals surface area contributed by atoms with E-state index in [2.05, 4.69) is 15.5 Å². The van der Waals surface area contributed by atoms with Gasteiger partial charge in [-0.25, -0.2) is 5.43 Å². The molecule has 2 heterocycles. The summed E-state index contributed by atoms with van der Waals surface area (Å²) < 4.78 is 0. The first-order valence-corrected chi connectivity index (χ1v) is 6.67. The molecule has 0 saturated carbocycles. The average molecular weight is 274 g/mol. The van der Waals surface area contributed by atoms with Crippen molar-refractivity contribution < 1.29 is 9.59 Å². The van der Waals surface area contributed by atoms with Gasteiger partial charge in [0.2, 0.25) is 5.91 Å². The number of nitrogens with one attached hydrogen (secondary N) is 1. The van der Waals surface area contributed by atoms with Gasteiger partial charge in [0.25, 0.3) is 5.91 Å². The summed E-state index contributed by atoms with van der Waals surface area (Å²) in [6.07, 6.45) is 0.702. The van der Waals surface area contributed by atoms with E-state index in [4.69, 9.17) is 0 Å². The number of hydrogen-bond donors (Lipinski definition) is 1. The van der Waals surface area contributed by atoms with Gasteiger partial charge in [-0.05, 0) is 26.0 Å². The van der Waals surface area contributed by atoms with Gasteiger partial charge in [0.05, 0.1) is 12.2 Å². The standard InChI is InChI=1S/C14H18N4O2/c1-3-18(9-11-6-4-5-10(2)15-11)14(20)12-7-8-13(19)17-16-12/h4-6H,3,7-9H2,1-2H3,(H,17,19). The third kappa shape index (κ3) is 3.40. The molecule has 0 spiro atoms. The lowest BCUT2D eigenvalue weighted by atomic mass is 10.1. The topological polar surface area (TPSA) is 74.7 Å². The zero-order chi connectivity index (χ0) is 14.5. The van der Waals surface area contributed by atoms with Crippen LogP contribution in [0.2, 0.25) is 0 Å². The van der Waals surface area contributed by atoms with E-state index in [9.17, 15) is 9.59 Å². The molecular weight excluding hydrogens is 256 g/mol. The highest BCUT2D eigenvalue weighted by atomic mass is 16.2. The van der Waals surface area contributed by atoms with Crippen molar-refractivity contribution in [3.05, 3.63) is 29.6 Å². The van der Waals surface area contributed by atoms with E-state index >= 15 is 0 Å². The highest BCUT2D eigenvalue weighted by Crippen LogP contribution is 2.08. The number of carbonyl (C=O) groups excluding carboxylic acids is 2. The zero-order valence-corrected chi connectivity index (χ0v) is 11.7. The van der Waals surface area contributed by atoms with Gasteiger partial charge in [0, 0.05) is 25.1 Å². The van der Waals surface area contributed by atoms with Gasteiger partial charge in [-0.15, -0.1) is 0 Å². The number of aryl methyl sites for hydroxylation is 1. The van der Waals surface area contributed by atoms with Gasteiger partial charge in [0.1, 0.15) is 5.71 Å². The molecule has 1 aromatic heterocycles. The number of aromatic nitrogens is 1. The minimum Gasteiger partial charge on any atom is -0.332 e. The van der Waals surface area contributed by atoms with Crippen molar-refractivity contribution in [3.8, 4) is 0 Å². The molecule has 106 valence electrons. The Morgan fingerprint density at radius 1 is 1.40 bits per heavy atom. The summed E-state index contributed by atoms with van der Waals surface area (Å²) in [5, 5.41) is 3.84. The summed E-state index contributed by atoms with van der Waals surface area (Å²) in [6.45, 7) is 4.85. The molecule has 2 rings (SSSR count). The molecule has 0 aromatic carbocycles. The van der Waals surface area contributed by atoms with Crippen molar-refractivity contribution in [1.82, 2.24) is 15.3 Å². The number of nitrogens with zero attached hydrogens (tertiary/aromatic N) is 3. The fraction of sp³-hybridized carbons (Fsp3) is 0.429. The van der Waals surface area contributed by atoms with E-state index in [0.29, 0.717) is 31.6 Å². The van der Waals surface area contributed by atoms with Crippen LogP contribution >= 0.6 is 0 Å². The summed E-state index contributed by atoms with van der Waals surface area (Å²) in [5.41, 5.74) is 4.52. The quantitative estimate of drug-likeness (QED) is 0.890. The summed E-state index contributed by atoms with van der Waals surface area (Å²) in [4.78, 5) is 29.5. The van der Waals surface area contributed by atoms with Crippen LogP contribution in [0.5, 0.6) is 0 Å². The molecule has 0 atom stereocenters. The van der Waals surface area contributed by atoms with Crippen LogP contribution in [-0.2, 0) is 16.1 Å². The smallest absolute Gasteiger partial charge is 0.270 e. The molecule has 2 amide bonds. The van der Waals surface area contributed by atoms with E-state index < -0.39 is 0 Å². The Labute approximate surface area is 117 Å². The Balaban J connectivity index is 2.08. The second kappa shape index (κ2) is 6.27. The van der Waals surface area contributed by atoms with Gasteiger partial charge in [-0.1, -0.05) is 6.07 Å². The third-order valence-electron chi connectivity index (χ3n) is 3.12. The molecule has 0 fully saturated rings. The molecule has 1 aliphatic rings. The van der Waals surface area contributed by atoms with E-state index in [0.717, 1.165) is 11.4 Å². The largest absolute Gasteiger partial charge is 0.332 e. The molecule has 0 radical (unpaired) electrons. The first-order valence-electron chi connectivity index (χ1n) is 6.67. The van der Waals surface area contributed by atoms with E-state index in [-0.39, 0.29) is 11.8 Å². The monoisotopic (exact) mass is 274 g/mol. The molecule has 1 N–H and O–H groups in total. The summed E-state index contributed by atoms with van der Waals surface area (Å²) >= 11 is 0. The maximum absolute atomic E-state index is 12.3. The van der Waals surface area contributed by atoms with E-state index in [1.165, 1.54) is 0 Å². The first-order chi connectivity index (χ1) is 9.60. The third-order valence-corrected chi connectivity index (χ3v) is 3.12. The maximum Gasteiger partial charge on any atom is 0.270 e. The van der Waals surface area contributed by atoms with Crippen LogP contribution in [0.3, 0.4) is 0 Å². The average Bonchev–Trinajstić information content (AvgIpc) is 2.45. The predicted molar refractivity (Wildman–Crippen MR) is 74.9 cm³/mol. The van der Waals surface area contributed by atoms with Crippen LogP contribution < -0.4 is 5.43 Å². The summed E-state index contributed by atoms with van der Waals surface area (Å²) in [7, 11) is 0. The molecule has 0 saturated heterocycles. The fourth-order valence-electron chi connectivity index (χ4n) is 2.02. The Hall–Kier alpha value is -2.24. The lowest BCUT2D eigenvalue weighted by Gasteiger charge is -2.22. The molecule has 6 heteroatoms. The van der Waals surface area contributed by atoms with Crippen molar-refractivity contribution in [2.75, 3.05) is 6.54 Å². The Bertz CT molecular complexity index is 554. The van der Waals surface area contributed by atoms with Crippen molar-refractivity contribution in [2.45, 2.75) is 33.2 Å². The number of carbonyl (C=O) groups is 2. The van der Waals surface area contributed by atoms with Gasteiger partial charge in [0.15, 0.2) is 0 Å². The minimum absolute atomic E-state index is 0.143. The van der Waals surface area contributed by atoms with Crippen LogP contribution in [0.4, 0.5) is 0 Å². The Morgan fingerprint density at radius 3 is 2.80 bits per heavy atom. The van der Waals surface area contributed by atoms with Crippen LogP contribution in [0.25, 0.3) is 0 Å². The first kappa shape index (κ1) is 14.2. The fourth-order valence-corrected chi connectivity index (χ4v) is 2.02. The van der Waals surface area contributed by atoms with Crippen molar-refractivity contribution in [1.29, 1.82) is 0 Å². The van der Waals surface area contributed by atoms with E-state index in [1.54, 1.807) is 4.90 Å². The second-order valence-corrected chi connectivity index (χ2v) is 4.68. The molecule has 20 heavy (non-hydrogen) atoms. The normalized spacial score (nSPS) is 14.5. The van der Waals surface area contributed by atoms with Gasteiger partial charge >= 0.3 is 0 Å².